The molecule has 6 heteroatoms. The number of benzene rings is 1. The van der Waals surface area contributed by atoms with E-state index >= 15 is 0 Å². The topological polar surface area (TPSA) is 72.6 Å². The number of likely N-dealkylation sites (N-methyl/N-ethyl adjacent to an activating group) is 1. The number of hydrogen-bond acceptors (Lipinski definition) is 4. The van der Waals surface area contributed by atoms with E-state index < -0.39 is 10.0 Å². The zero-order valence-electron chi connectivity index (χ0n) is 10.1. The quantitative estimate of drug-likeness (QED) is 0.608. The summed E-state index contributed by atoms with van der Waals surface area (Å²) in [6.45, 7) is 3.15. The standard InChI is InChI=1S/C11H18N2O3S/c1-3-16-8-7-13(2)17(14,15)11-6-4-5-10(12)9-11/h4-6,9H,3,7-8,12H2,1-2H3. The molecule has 0 aromatic heterocycles. The summed E-state index contributed by atoms with van der Waals surface area (Å²) >= 11 is 0. The second-order valence-electron chi connectivity index (χ2n) is 3.60. The van der Waals surface area contributed by atoms with Gasteiger partial charge in [-0.3, -0.25) is 0 Å². The molecular formula is C11H18N2O3S. The lowest BCUT2D eigenvalue weighted by molar-refractivity contribution is 0.138. The van der Waals surface area contributed by atoms with E-state index in [1.54, 1.807) is 12.1 Å². The van der Waals surface area contributed by atoms with Crippen molar-refractivity contribution < 1.29 is 13.2 Å². The molecule has 0 saturated carbocycles. The molecule has 0 bridgehead atoms. The maximum absolute atomic E-state index is 12.1. The molecule has 96 valence electrons. The van der Waals surface area contributed by atoms with Gasteiger partial charge in [0.15, 0.2) is 0 Å². The summed E-state index contributed by atoms with van der Waals surface area (Å²) in [4.78, 5) is 0.205. The van der Waals surface area contributed by atoms with Crippen molar-refractivity contribution in [1.82, 2.24) is 4.31 Å². The van der Waals surface area contributed by atoms with Crippen molar-refractivity contribution >= 4 is 15.7 Å². The van der Waals surface area contributed by atoms with E-state index in [2.05, 4.69) is 0 Å². The van der Waals surface area contributed by atoms with E-state index in [-0.39, 0.29) is 4.90 Å². The Kier molecular flexibility index (Phi) is 4.92. The van der Waals surface area contributed by atoms with Crippen LogP contribution in [0.4, 0.5) is 5.69 Å². The highest BCUT2D eigenvalue weighted by molar-refractivity contribution is 7.89. The van der Waals surface area contributed by atoms with Crippen LogP contribution >= 0.6 is 0 Å². The number of nitrogens with zero attached hydrogens (tertiary/aromatic N) is 1. The third-order valence-corrected chi connectivity index (χ3v) is 4.17. The first-order valence-corrected chi connectivity index (χ1v) is 6.82. The molecule has 5 nitrogen and oxygen atoms in total. The Labute approximate surface area is 102 Å². The van der Waals surface area contributed by atoms with Crippen molar-refractivity contribution in [3.8, 4) is 0 Å². The molecule has 0 aliphatic carbocycles. The van der Waals surface area contributed by atoms with Gasteiger partial charge in [0, 0.05) is 25.9 Å². The van der Waals surface area contributed by atoms with Crippen LogP contribution in [0.15, 0.2) is 29.2 Å². The predicted octanol–water partition coefficient (Wildman–Crippen LogP) is 0.926. The van der Waals surface area contributed by atoms with Crippen molar-refractivity contribution in [2.75, 3.05) is 32.5 Å². The van der Waals surface area contributed by atoms with Gasteiger partial charge in [0.2, 0.25) is 10.0 Å². The first-order chi connectivity index (χ1) is 7.98. The van der Waals surface area contributed by atoms with E-state index in [4.69, 9.17) is 10.5 Å². The summed E-state index contributed by atoms with van der Waals surface area (Å²) in [6, 6.07) is 6.26. The number of hydrogen-bond donors (Lipinski definition) is 1. The normalized spacial score (nSPS) is 11.9. The van der Waals surface area contributed by atoms with Gasteiger partial charge in [0.1, 0.15) is 0 Å². The van der Waals surface area contributed by atoms with Gasteiger partial charge >= 0.3 is 0 Å². The van der Waals surface area contributed by atoms with Crippen LogP contribution in [-0.2, 0) is 14.8 Å². The maximum Gasteiger partial charge on any atom is 0.242 e. The fraction of sp³-hybridized carbons (Fsp3) is 0.455. The molecule has 0 fully saturated rings. The smallest absolute Gasteiger partial charge is 0.242 e. The van der Waals surface area contributed by atoms with Gasteiger partial charge in [-0.15, -0.1) is 0 Å². The summed E-state index contributed by atoms with van der Waals surface area (Å²) < 4.78 is 30.6. The second-order valence-corrected chi connectivity index (χ2v) is 5.64. The molecular weight excluding hydrogens is 240 g/mol. The van der Waals surface area contributed by atoms with Gasteiger partial charge < -0.3 is 10.5 Å². The van der Waals surface area contributed by atoms with E-state index in [0.29, 0.717) is 25.4 Å². The Hall–Kier alpha value is -1.11. The second kappa shape index (κ2) is 6.00. The highest BCUT2D eigenvalue weighted by atomic mass is 32.2. The van der Waals surface area contributed by atoms with Crippen LogP contribution in [0.5, 0.6) is 0 Å². The number of anilines is 1. The van der Waals surface area contributed by atoms with Crippen molar-refractivity contribution in [2.24, 2.45) is 0 Å². The first-order valence-electron chi connectivity index (χ1n) is 5.38. The molecule has 17 heavy (non-hydrogen) atoms. The molecule has 2 N–H and O–H groups in total. The van der Waals surface area contributed by atoms with Crippen LogP contribution in [0.3, 0.4) is 0 Å². The molecule has 0 amide bonds. The third kappa shape index (κ3) is 3.69. The Bertz CT molecular complexity index is 460. The number of sulfonamides is 1. The summed E-state index contributed by atoms with van der Waals surface area (Å²) in [5, 5.41) is 0. The number of ether oxygens (including phenoxy) is 1. The monoisotopic (exact) mass is 258 g/mol. The largest absolute Gasteiger partial charge is 0.399 e. The van der Waals surface area contributed by atoms with Gasteiger partial charge in [-0.05, 0) is 25.1 Å². The Morgan fingerprint density at radius 3 is 2.71 bits per heavy atom. The van der Waals surface area contributed by atoms with Crippen molar-refractivity contribution in [3.05, 3.63) is 24.3 Å². The van der Waals surface area contributed by atoms with Crippen LogP contribution in [-0.4, -0.2) is 39.5 Å². The molecule has 1 aromatic carbocycles. The summed E-state index contributed by atoms with van der Waals surface area (Å²) in [5.41, 5.74) is 6.00. The van der Waals surface area contributed by atoms with Crippen LogP contribution < -0.4 is 5.73 Å². The number of rotatable bonds is 6. The van der Waals surface area contributed by atoms with Crippen LogP contribution in [0.2, 0.25) is 0 Å². The minimum Gasteiger partial charge on any atom is -0.399 e. The van der Waals surface area contributed by atoms with E-state index in [0.717, 1.165) is 0 Å². The van der Waals surface area contributed by atoms with Crippen LogP contribution in [0, 0.1) is 0 Å². The van der Waals surface area contributed by atoms with Crippen molar-refractivity contribution in [3.63, 3.8) is 0 Å². The van der Waals surface area contributed by atoms with Gasteiger partial charge in [-0.25, -0.2) is 8.42 Å². The predicted molar refractivity (Wildman–Crippen MR) is 67.2 cm³/mol. The highest BCUT2D eigenvalue weighted by Gasteiger charge is 2.20. The highest BCUT2D eigenvalue weighted by Crippen LogP contribution is 2.16. The minimum atomic E-state index is -3.47. The number of nitrogens with two attached hydrogens (primary N) is 1. The minimum absolute atomic E-state index is 0.205. The lowest BCUT2D eigenvalue weighted by Gasteiger charge is -2.17. The lowest BCUT2D eigenvalue weighted by atomic mass is 10.3. The Morgan fingerprint density at radius 1 is 1.41 bits per heavy atom. The Morgan fingerprint density at radius 2 is 2.12 bits per heavy atom. The fourth-order valence-electron chi connectivity index (χ4n) is 1.31. The average Bonchev–Trinajstić information content (AvgIpc) is 2.29. The number of nitrogen functional groups attached to an aromatic ring is 1. The summed E-state index contributed by atoms with van der Waals surface area (Å²) in [7, 11) is -1.94. The molecule has 1 rings (SSSR count). The van der Waals surface area contributed by atoms with Gasteiger partial charge in [0.05, 0.1) is 11.5 Å². The summed E-state index contributed by atoms with van der Waals surface area (Å²) in [5.74, 6) is 0. The SMILES string of the molecule is CCOCCN(C)S(=O)(=O)c1cccc(N)c1. The van der Waals surface area contributed by atoms with Crippen LogP contribution in [0.25, 0.3) is 0 Å². The summed E-state index contributed by atoms with van der Waals surface area (Å²) in [6.07, 6.45) is 0. The van der Waals surface area contributed by atoms with Gasteiger partial charge in [-0.1, -0.05) is 6.07 Å². The third-order valence-electron chi connectivity index (χ3n) is 2.32. The first kappa shape index (κ1) is 14.0. The zero-order valence-corrected chi connectivity index (χ0v) is 10.9. The average molecular weight is 258 g/mol. The van der Waals surface area contributed by atoms with Crippen LogP contribution in [0.1, 0.15) is 6.92 Å². The van der Waals surface area contributed by atoms with E-state index in [1.807, 2.05) is 6.92 Å². The van der Waals surface area contributed by atoms with E-state index in [9.17, 15) is 8.42 Å². The molecule has 0 aliphatic rings. The lowest BCUT2D eigenvalue weighted by Crippen LogP contribution is -2.30. The van der Waals surface area contributed by atoms with E-state index in [1.165, 1.54) is 23.5 Å². The molecule has 0 radical (unpaired) electrons. The van der Waals surface area contributed by atoms with Crippen molar-refractivity contribution in [2.45, 2.75) is 11.8 Å². The molecule has 0 heterocycles. The molecule has 0 unspecified atom stereocenters. The molecule has 0 atom stereocenters. The Balaban J connectivity index is 2.80. The molecule has 0 aliphatic heterocycles. The fourth-order valence-corrected chi connectivity index (χ4v) is 2.52. The zero-order chi connectivity index (χ0) is 12.9. The molecule has 1 aromatic rings. The van der Waals surface area contributed by atoms with Crippen molar-refractivity contribution in [1.29, 1.82) is 0 Å². The van der Waals surface area contributed by atoms with Gasteiger partial charge in [0.25, 0.3) is 0 Å². The molecule has 0 saturated heterocycles. The van der Waals surface area contributed by atoms with Gasteiger partial charge in [-0.2, -0.15) is 4.31 Å². The maximum atomic E-state index is 12.1. The molecule has 0 spiro atoms.